The van der Waals surface area contributed by atoms with E-state index in [-0.39, 0.29) is 23.7 Å². The number of rotatable bonds is 6. The predicted octanol–water partition coefficient (Wildman–Crippen LogP) is 3.32. The molecular weight excluding hydrogens is 354 g/mol. The van der Waals surface area contributed by atoms with E-state index in [1.54, 1.807) is 38.3 Å². The first-order valence-electron chi connectivity index (χ1n) is 7.87. The maximum atomic E-state index is 12.1. The molecule has 2 aromatic carbocycles. The third kappa shape index (κ3) is 4.09. The average Bonchev–Trinajstić information content (AvgIpc) is 3.15. The predicted molar refractivity (Wildman–Crippen MR) is 93.2 cm³/mol. The molecule has 1 heterocycles. The summed E-state index contributed by atoms with van der Waals surface area (Å²) in [5, 5.41) is 14.8. The number of nitro benzene ring substituents is 1. The fraction of sp³-hybridized carbons (Fsp3) is 0.167. The number of carbonyl (C=O) groups excluding carboxylic acids is 1. The third-order valence-corrected chi connectivity index (χ3v) is 3.76. The number of hydrogen-bond donors (Lipinski definition) is 0. The van der Waals surface area contributed by atoms with Gasteiger partial charge in [-0.3, -0.25) is 10.1 Å². The average molecular weight is 369 g/mol. The molecule has 9 heteroatoms. The molecule has 0 aliphatic heterocycles. The number of esters is 1. The standard InChI is InChI=1S/C18H15N3O6/c1-11-6-7-13(9-15(11)21(23)24)18(22)26-10-16-19-17(20-27-16)12-4-3-5-14(8-12)25-2/h3-9H,10H2,1-2H3. The Kier molecular flexibility index (Phi) is 5.11. The molecule has 0 saturated carbocycles. The lowest BCUT2D eigenvalue weighted by molar-refractivity contribution is -0.385. The molecule has 0 aliphatic carbocycles. The molecule has 0 N–H and O–H groups in total. The van der Waals surface area contributed by atoms with Gasteiger partial charge in [0, 0.05) is 17.2 Å². The summed E-state index contributed by atoms with van der Waals surface area (Å²) in [4.78, 5) is 26.7. The number of aromatic nitrogens is 2. The maximum absolute atomic E-state index is 12.1. The van der Waals surface area contributed by atoms with Gasteiger partial charge in [-0.1, -0.05) is 23.4 Å². The molecule has 0 fully saturated rings. The topological polar surface area (TPSA) is 118 Å². The molecule has 3 aromatic rings. The number of nitro groups is 1. The van der Waals surface area contributed by atoms with Crippen molar-refractivity contribution >= 4 is 11.7 Å². The van der Waals surface area contributed by atoms with E-state index in [9.17, 15) is 14.9 Å². The van der Waals surface area contributed by atoms with Crippen LogP contribution in [0.3, 0.4) is 0 Å². The molecule has 27 heavy (non-hydrogen) atoms. The van der Waals surface area contributed by atoms with Crippen LogP contribution in [0.5, 0.6) is 5.75 Å². The molecule has 9 nitrogen and oxygen atoms in total. The smallest absolute Gasteiger partial charge is 0.338 e. The van der Waals surface area contributed by atoms with E-state index in [0.29, 0.717) is 22.7 Å². The Labute approximate surface area is 153 Å². The Morgan fingerprint density at radius 1 is 1.26 bits per heavy atom. The van der Waals surface area contributed by atoms with Crippen LogP contribution >= 0.6 is 0 Å². The van der Waals surface area contributed by atoms with Crippen LogP contribution in [0.1, 0.15) is 21.8 Å². The van der Waals surface area contributed by atoms with E-state index in [2.05, 4.69) is 10.1 Å². The fourth-order valence-electron chi connectivity index (χ4n) is 2.34. The van der Waals surface area contributed by atoms with Gasteiger partial charge in [0.15, 0.2) is 6.61 Å². The van der Waals surface area contributed by atoms with E-state index < -0.39 is 10.9 Å². The summed E-state index contributed by atoms with van der Waals surface area (Å²) in [5.74, 6) is 0.346. The second-order valence-corrected chi connectivity index (χ2v) is 5.58. The van der Waals surface area contributed by atoms with E-state index in [0.717, 1.165) is 0 Å². The largest absolute Gasteiger partial charge is 0.497 e. The van der Waals surface area contributed by atoms with Crippen LogP contribution in [-0.2, 0) is 11.3 Å². The van der Waals surface area contributed by atoms with Crippen LogP contribution < -0.4 is 4.74 Å². The van der Waals surface area contributed by atoms with Gasteiger partial charge in [-0.05, 0) is 25.1 Å². The molecule has 138 valence electrons. The minimum absolute atomic E-state index is 0.0693. The van der Waals surface area contributed by atoms with Gasteiger partial charge in [-0.25, -0.2) is 4.79 Å². The highest BCUT2D eigenvalue weighted by molar-refractivity contribution is 5.90. The fourth-order valence-corrected chi connectivity index (χ4v) is 2.34. The van der Waals surface area contributed by atoms with Crippen molar-refractivity contribution in [1.82, 2.24) is 10.1 Å². The van der Waals surface area contributed by atoms with Gasteiger partial charge in [0.25, 0.3) is 11.6 Å². The van der Waals surface area contributed by atoms with Crippen LogP contribution in [0.2, 0.25) is 0 Å². The first-order chi connectivity index (χ1) is 13.0. The summed E-state index contributed by atoms with van der Waals surface area (Å²) in [6, 6.07) is 11.2. The lowest BCUT2D eigenvalue weighted by Crippen LogP contribution is -2.06. The number of aryl methyl sites for hydroxylation is 1. The van der Waals surface area contributed by atoms with E-state index in [1.807, 2.05) is 0 Å². The summed E-state index contributed by atoms with van der Waals surface area (Å²) >= 11 is 0. The Bertz CT molecular complexity index is 998. The summed E-state index contributed by atoms with van der Waals surface area (Å²) in [6.45, 7) is 1.34. The molecule has 0 spiro atoms. The van der Waals surface area contributed by atoms with Gasteiger partial charge in [0.2, 0.25) is 5.82 Å². The first kappa shape index (κ1) is 18.1. The molecule has 0 saturated heterocycles. The minimum atomic E-state index is -0.723. The van der Waals surface area contributed by atoms with Crippen molar-refractivity contribution in [2.24, 2.45) is 0 Å². The first-order valence-corrected chi connectivity index (χ1v) is 7.87. The zero-order valence-corrected chi connectivity index (χ0v) is 14.5. The van der Waals surface area contributed by atoms with E-state index in [1.165, 1.54) is 18.2 Å². The number of methoxy groups -OCH3 is 1. The van der Waals surface area contributed by atoms with Crippen molar-refractivity contribution in [1.29, 1.82) is 0 Å². The third-order valence-electron chi connectivity index (χ3n) is 3.76. The molecule has 3 rings (SSSR count). The van der Waals surface area contributed by atoms with Crippen molar-refractivity contribution in [3.63, 3.8) is 0 Å². The van der Waals surface area contributed by atoms with Gasteiger partial charge in [-0.2, -0.15) is 4.98 Å². The normalized spacial score (nSPS) is 10.4. The number of benzene rings is 2. The Balaban J connectivity index is 1.69. The maximum Gasteiger partial charge on any atom is 0.338 e. The van der Waals surface area contributed by atoms with Crippen LogP contribution in [0.25, 0.3) is 11.4 Å². The number of nitrogens with zero attached hydrogens (tertiary/aromatic N) is 3. The molecule has 0 bridgehead atoms. The summed E-state index contributed by atoms with van der Waals surface area (Å²) in [6.07, 6.45) is 0. The molecule has 1 aromatic heterocycles. The second kappa shape index (κ2) is 7.65. The van der Waals surface area contributed by atoms with E-state index >= 15 is 0 Å². The van der Waals surface area contributed by atoms with Gasteiger partial charge in [0.05, 0.1) is 17.6 Å². The molecule has 0 unspecified atom stereocenters. The van der Waals surface area contributed by atoms with E-state index in [4.69, 9.17) is 14.0 Å². The minimum Gasteiger partial charge on any atom is -0.497 e. The summed E-state index contributed by atoms with van der Waals surface area (Å²) < 4.78 is 15.3. The zero-order valence-electron chi connectivity index (χ0n) is 14.5. The highest BCUT2D eigenvalue weighted by atomic mass is 16.6. The van der Waals surface area contributed by atoms with Crippen LogP contribution in [-0.4, -0.2) is 28.1 Å². The van der Waals surface area contributed by atoms with Gasteiger partial charge >= 0.3 is 5.97 Å². The summed E-state index contributed by atoms with van der Waals surface area (Å²) in [7, 11) is 1.55. The highest BCUT2D eigenvalue weighted by Crippen LogP contribution is 2.22. The molecular formula is C18H15N3O6. The van der Waals surface area contributed by atoms with Gasteiger partial charge in [0.1, 0.15) is 5.75 Å². The number of ether oxygens (including phenoxy) is 2. The lowest BCUT2D eigenvalue weighted by Gasteiger charge is -2.03. The van der Waals surface area contributed by atoms with Crippen molar-refractivity contribution in [3.8, 4) is 17.1 Å². The second-order valence-electron chi connectivity index (χ2n) is 5.58. The SMILES string of the molecule is COc1cccc(-c2noc(COC(=O)c3ccc(C)c([N+](=O)[O-])c3)n2)c1. The molecule has 0 radical (unpaired) electrons. The van der Waals surface area contributed by atoms with Crippen molar-refractivity contribution in [2.45, 2.75) is 13.5 Å². The lowest BCUT2D eigenvalue weighted by atomic mass is 10.1. The molecule has 0 atom stereocenters. The zero-order chi connectivity index (χ0) is 19.4. The number of hydrogen-bond acceptors (Lipinski definition) is 8. The van der Waals surface area contributed by atoms with Crippen LogP contribution in [0.4, 0.5) is 5.69 Å². The van der Waals surface area contributed by atoms with Crippen molar-refractivity contribution < 1.29 is 23.7 Å². The summed E-state index contributed by atoms with van der Waals surface area (Å²) in [5.41, 5.74) is 1.06. The Morgan fingerprint density at radius 3 is 2.81 bits per heavy atom. The monoisotopic (exact) mass is 369 g/mol. The Morgan fingerprint density at radius 2 is 2.07 bits per heavy atom. The Hall–Kier alpha value is -3.75. The van der Waals surface area contributed by atoms with Crippen molar-refractivity contribution in [2.75, 3.05) is 7.11 Å². The van der Waals surface area contributed by atoms with Crippen LogP contribution in [0.15, 0.2) is 47.0 Å². The highest BCUT2D eigenvalue weighted by Gasteiger charge is 2.17. The molecule has 0 amide bonds. The quantitative estimate of drug-likeness (QED) is 0.369. The van der Waals surface area contributed by atoms with Gasteiger partial charge in [-0.15, -0.1) is 0 Å². The number of carbonyl (C=O) groups is 1. The molecule has 0 aliphatic rings. The van der Waals surface area contributed by atoms with Crippen LogP contribution in [0, 0.1) is 17.0 Å². The van der Waals surface area contributed by atoms with Crippen molar-refractivity contribution in [3.05, 3.63) is 69.6 Å². The van der Waals surface area contributed by atoms with Gasteiger partial charge < -0.3 is 14.0 Å².